The Bertz CT molecular complexity index is 834. The Labute approximate surface area is 190 Å². The maximum absolute atomic E-state index is 11.9. The summed E-state index contributed by atoms with van der Waals surface area (Å²) in [6.07, 6.45) is 1.81. The molecule has 0 bridgehead atoms. The number of carbonyl (C=O) groups excluding carboxylic acids is 2. The maximum atomic E-state index is 11.9. The molecule has 11 heteroatoms. The molecular formula is C18H24IN7O2S. The van der Waals surface area contributed by atoms with E-state index in [9.17, 15) is 9.59 Å². The predicted molar refractivity (Wildman–Crippen MR) is 125 cm³/mol. The summed E-state index contributed by atoms with van der Waals surface area (Å²) >= 11 is 1.64. The highest BCUT2D eigenvalue weighted by Gasteiger charge is 2.19. The van der Waals surface area contributed by atoms with Gasteiger partial charge in [-0.15, -0.1) is 35.3 Å². The van der Waals surface area contributed by atoms with Gasteiger partial charge >= 0.3 is 0 Å². The number of halogens is 1. The number of guanidine groups is 1. The molecular weight excluding hydrogens is 505 g/mol. The van der Waals surface area contributed by atoms with E-state index in [2.05, 4.69) is 25.1 Å². The molecule has 1 aliphatic heterocycles. The van der Waals surface area contributed by atoms with Crippen molar-refractivity contribution in [1.29, 1.82) is 0 Å². The highest BCUT2D eigenvalue weighted by atomic mass is 127. The molecule has 9 nitrogen and oxygen atoms in total. The van der Waals surface area contributed by atoms with Gasteiger partial charge in [-0.3, -0.25) is 9.59 Å². The summed E-state index contributed by atoms with van der Waals surface area (Å²) in [5.41, 5.74) is 12.6. The van der Waals surface area contributed by atoms with Crippen molar-refractivity contribution < 1.29 is 9.59 Å². The SMILES string of the molecule is I.NC(=O)CNC(=O)c1ccc(CN=C(N)N2CCN(c3nccs3)CC2)cc1. The number of anilines is 1. The van der Waals surface area contributed by atoms with Crippen molar-refractivity contribution in [3.8, 4) is 0 Å². The van der Waals surface area contributed by atoms with Crippen LogP contribution in [0.1, 0.15) is 15.9 Å². The fourth-order valence-corrected chi connectivity index (χ4v) is 3.50. The van der Waals surface area contributed by atoms with Crippen molar-refractivity contribution >= 4 is 58.2 Å². The Hall–Kier alpha value is -2.41. The fraction of sp³-hybridized carbons (Fsp3) is 0.333. The molecule has 0 aliphatic carbocycles. The third kappa shape index (κ3) is 6.56. The van der Waals surface area contributed by atoms with E-state index in [0.29, 0.717) is 18.1 Å². The number of piperazine rings is 1. The number of nitrogens with zero attached hydrogens (tertiary/aromatic N) is 4. The molecule has 1 fully saturated rings. The van der Waals surface area contributed by atoms with Gasteiger partial charge in [0.15, 0.2) is 11.1 Å². The second kappa shape index (κ2) is 11.0. The number of benzene rings is 1. The van der Waals surface area contributed by atoms with E-state index in [1.54, 1.807) is 23.5 Å². The van der Waals surface area contributed by atoms with Gasteiger partial charge in [0.25, 0.3) is 5.91 Å². The van der Waals surface area contributed by atoms with Crippen LogP contribution >= 0.6 is 35.3 Å². The lowest BCUT2D eigenvalue weighted by Crippen LogP contribution is -2.51. The summed E-state index contributed by atoms with van der Waals surface area (Å²) in [4.78, 5) is 35.7. The van der Waals surface area contributed by atoms with Crippen LogP contribution in [0.5, 0.6) is 0 Å². The fourth-order valence-electron chi connectivity index (χ4n) is 2.80. The molecule has 1 aliphatic rings. The van der Waals surface area contributed by atoms with Crippen LogP contribution in [-0.4, -0.2) is 60.4 Å². The second-order valence-corrected chi connectivity index (χ2v) is 7.18. The molecule has 2 amide bonds. The van der Waals surface area contributed by atoms with Gasteiger partial charge in [0, 0.05) is 43.3 Å². The molecule has 2 aromatic rings. The summed E-state index contributed by atoms with van der Waals surface area (Å²) in [5.74, 6) is -0.407. The van der Waals surface area contributed by atoms with E-state index >= 15 is 0 Å². The monoisotopic (exact) mass is 529 g/mol. The lowest BCUT2D eigenvalue weighted by atomic mass is 10.1. The standard InChI is InChI=1S/C18H23N7O2S.HI/c19-15(26)12-22-16(27)14-3-1-13(2-4-14)11-23-17(20)24-6-8-25(9-7-24)18-21-5-10-28-18;/h1-5,10H,6-9,11-12H2,(H2,19,26)(H2,20,23)(H,22,27);1H. The van der Waals surface area contributed by atoms with Crippen LogP contribution in [-0.2, 0) is 11.3 Å². The number of hydrogen-bond acceptors (Lipinski definition) is 6. The zero-order chi connectivity index (χ0) is 19.9. The van der Waals surface area contributed by atoms with E-state index < -0.39 is 5.91 Å². The Morgan fingerprint density at radius 2 is 1.83 bits per heavy atom. The number of amides is 2. The summed E-state index contributed by atoms with van der Waals surface area (Å²) in [6.45, 7) is 3.57. The molecule has 2 heterocycles. The molecule has 0 radical (unpaired) electrons. The van der Waals surface area contributed by atoms with Crippen LogP contribution in [0.15, 0.2) is 40.8 Å². The third-order valence-corrected chi connectivity index (χ3v) is 5.19. The van der Waals surface area contributed by atoms with Gasteiger partial charge in [-0.05, 0) is 17.7 Å². The Morgan fingerprint density at radius 1 is 1.14 bits per heavy atom. The quantitative estimate of drug-likeness (QED) is 0.286. The van der Waals surface area contributed by atoms with E-state index in [-0.39, 0.29) is 36.4 Å². The smallest absolute Gasteiger partial charge is 0.251 e. The number of aromatic nitrogens is 1. The van der Waals surface area contributed by atoms with Gasteiger partial charge in [-0.25, -0.2) is 9.98 Å². The van der Waals surface area contributed by atoms with Crippen LogP contribution in [0.3, 0.4) is 0 Å². The Morgan fingerprint density at radius 3 is 2.41 bits per heavy atom. The first-order valence-corrected chi connectivity index (χ1v) is 9.75. The molecule has 156 valence electrons. The summed E-state index contributed by atoms with van der Waals surface area (Å²) in [5, 5.41) is 5.46. The molecule has 0 spiro atoms. The normalized spacial score (nSPS) is 14.3. The average molecular weight is 529 g/mol. The number of nitrogens with one attached hydrogen (secondary N) is 1. The van der Waals surface area contributed by atoms with E-state index in [4.69, 9.17) is 11.5 Å². The lowest BCUT2D eigenvalue weighted by Gasteiger charge is -2.35. The van der Waals surface area contributed by atoms with Crippen molar-refractivity contribution in [2.75, 3.05) is 37.6 Å². The van der Waals surface area contributed by atoms with Crippen molar-refractivity contribution in [3.63, 3.8) is 0 Å². The highest BCUT2D eigenvalue weighted by molar-refractivity contribution is 14.0. The van der Waals surface area contributed by atoms with Crippen LogP contribution in [0.25, 0.3) is 0 Å². The molecule has 3 rings (SSSR count). The van der Waals surface area contributed by atoms with E-state index in [1.807, 2.05) is 23.7 Å². The van der Waals surface area contributed by atoms with Crippen LogP contribution in [0.2, 0.25) is 0 Å². The Kier molecular flexibility index (Phi) is 8.64. The zero-order valence-electron chi connectivity index (χ0n) is 15.8. The van der Waals surface area contributed by atoms with Crippen molar-refractivity contribution in [2.45, 2.75) is 6.54 Å². The topological polar surface area (TPSA) is 130 Å². The van der Waals surface area contributed by atoms with Gasteiger partial charge in [-0.2, -0.15) is 0 Å². The van der Waals surface area contributed by atoms with E-state index in [0.717, 1.165) is 36.9 Å². The number of aliphatic imine (C=N–C) groups is 1. The van der Waals surface area contributed by atoms with Gasteiger partial charge in [-0.1, -0.05) is 12.1 Å². The first-order valence-electron chi connectivity index (χ1n) is 8.87. The minimum atomic E-state index is -0.581. The van der Waals surface area contributed by atoms with Gasteiger partial charge < -0.3 is 26.6 Å². The average Bonchev–Trinajstić information content (AvgIpc) is 3.25. The van der Waals surface area contributed by atoms with Crippen LogP contribution in [0.4, 0.5) is 5.13 Å². The predicted octanol–water partition coefficient (Wildman–Crippen LogP) is 0.613. The molecule has 5 N–H and O–H groups in total. The van der Waals surface area contributed by atoms with E-state index in [1.165, 1.54) is 0 Å². The molecule has 0 atom stereocenters. The highest BCUT2D eigenvalue weighted by Crippen LogP contribution is 2.18. The maximum Gasteiger partial charge on any atom is 0.251 e. The number of thiazole rings is 1. The third-order valence-electron chi connectivity index (χ3n) is 4.36. The van der Waals surface area contributed by atoms with Crippen molar-refractivity contribution in [2.24, 2.45) is 16.5 Å². The minimum absolute atomic E-state index is 0. The first kappa shape index (κ1) is 22.9. The van der Waals surface area contributed by atoms with Gasteiger partial charge in [0.05, 0.1) is 13.1 Å². The van der Waals surface area contributed by atoms with Crippen LogP contribution in [0, 0.1) is 0 Å². The largest absolute Gasteiger partial charge is 0.370 e. The molecule has 0 unspecified atom stereocenters. The van der Waals surface area contributed by atoms with Crippen molar-refractivity contribution in [3.05, 3.63) is 47.0 Å². The Balaban J connectivity index is 0.00000300. The lowest BCUT2D eigenvalue weighted by molar-refractivity contribution is -0.117. The van der Waals surface area contributed by atoms with Gasteiger partial charge in [0.1, 0.15) is 0 Å². The van der Waals surface area contributed by atoms with Crippen molar-refractivity contribution in [1.82, 2.24) is 15.2 Å². The number of primary amides is 1. The molecule has 0 saturated carbocycles. The molecule has 1 aromatic carbocycles. The first-order chi connectivity index (χ1) is 13.5. The molecule has 29 heavy (non-hydrogen) atoms. The minimum Gasteiger partial charge on any atom is -0.370 e. The van der Waals surface area contributed by atoms with Gasteiger partial charge in [0.2, 0.25) is 5.91 Å². The summed E-state index contributed by atoms with van der Waals surface area (Å²) in [7, 11) is 0. The number of rotatable bonds is 6. The number of carbonyl (C=O) groups is 2. The number of hydrogen-bond donors (Lipinski definition) is 3. The zero-order valence-corrected chi connectivity index (χ0v) is 18.9. The summed E-state index contributed by atoms with van der Waals surface area (Å²) < 4.78 is 0. The molecule has 1 saturated heterocycles. The molecule has 1 aromatic heterocycles. The summed E-state index contributed by atoms with van der Waals surface area (Å²) in [6, 6.07) is 7.00. The second-order valence-electron chi connectivity index (χ2n) is 6.31. The number of nitrogens with two attached hydrogens (primary N) is 2. The van der Waals surface area contributed by atoms with Crippen LogP contribution < -0.4 is 21.7 Å².